The smallest absolute Gasteiger partial charge is 0.242 e. The van der Waals surface area contributed by atoms with Gasteiger partial charge in [0.2, 0.25) is 11.8 Å². The quantitative estimate of drug-likeness (QED) is 0.622. The summed E-state index contributed by atoms with van der Waals surface area (Å²) in [6.07, 6.45) is 0.969. The second-order valence-corrected chi connectivity index (χ2v) is 8.24. The van der Waals surface area contributed by atoms with Crippen LogP contribution in [0.15, 0.2) is 42.5 Å². The Morgan fingerprint density at radius 1 is 1.03 bits per heavy atom. The van der Waals surface area contributed by atoms with Crippen LogP contribution in [0.25, 0.3) is 0 Å². The molecule has 2 atom stereocenters. The normalized spacial score (nSPS) is 12.9. The van der Waals surface area contributed by atoms with Crippen LogP contribution in [0.3, 0.4) is 0 Å². The Hall–Kier alpha value is -2.04. The van der Waals surface area contributed by atoms with E-state index in [0.29, 0.717) is 16.6 Å². The van der Waals surface area contributed by atoms with Gasteiger partial charge in [-0.25, -0.2) is 0 Å². The average Bonchev–Trinajstić information content (AvgIpc) is 2.68. The first-order valence-corrected chi connectivity index (χ1v) is 10.6. The van der Waals surface area contributed by atoms with Gasteiger partial charge in [-0.05, 0) is 50.5 Å². The van der Waals surface area contributed by atoms with Crippen molar-refractivity contribution in [3.63, 3.8) is 0 Å². The van der Waals surface area contributed by atoms with E-state index in [-0.39, 0.29) is 24.3 Å². The third-order valence-corrected chi connectivity index (χ3v) is 5.68. The molecule has 0 spiro atoms. The van der Waals surface area contributed by atoms with E-state index < -0.39 is 6.04 Å². The topological polar surface area (TPSA) is 49.4 Å². The molecule has 0 radical (unpaired) electrons. The molecule has 0 bridgehead atoms. The molecule has 0 aromatic heterocycles. The molecule has 2 aromatic carbocycles. The molecule has 0 aliphatic rings. The molecule has 0 unspecified atom stereocenters. The van der Waals surface area contributed by atoms with Gasteiger partial charge in [0.05, 0.1) is 16.5 Å². The number of carbonyl (C=O) groups is 2. The van der Waals surface area contributed by atoms with Gasteiger partial charge in [-0.3, -0.25) is 9.59 Å². The highest BCUT2D eigenvalue weighted by Gasteiger charge is 2.27. The number of nitrogens with zero attached hydrogens (tertiary/aromatic N) is 1. The summed E-state index contributed by atoms with van der Waals surface area (Å²) in [6.45, 7) is 8.09. The summed E-state index contributed by atoms with van der Waals surface area (Å²) in [4.78, 5) is 27.5. The zero-order chi connectivity index (χ0) is 21.6. The van der Waals surface area contributed by atoms with Gasteiger partial charge < -0.3 is 10.2 Å². The number of aryl methyl sites for hydroxylation is 1. The van der Waals surface area contributed by atoms with E-state index in [1.165, 1.54) is 0 Å². The van der Waals surface area contributed by atoms with Crippen molar-refractivity contribution in [2.24, 2.45) is 0 Å². The third kappa shape index (κ3) is 6.76. The van der Waals surface area contributed by atoms with Gasteiger partial charge in [0, 0.05) is 12.6 Å². The molecule has 6 heteroatoms. The number of rotatable bonds is 8. The zero-order valence-electron chi connectivity index (χ0n) is 17.3. The Labute approximate surface area is 183 Å². The lowest BCUT2D eigenvalue weighted by Crippen LogP contribution is -2.49. The number of hydrogen-bond donors (Lipinski definition) is 1. The highest BCUT2D eigenvalue weighted by atomic mass is 35.5. The lowest BCUT2D eigenvalue weighted by atomic mass is 10.1. The van der Waals surface area contributed by atoms with E-state index in [1.807, 2.05) is 45.0 Å². The van der Waals surface area contributed by atoms with Crippen LogP contribution < -0.4 is 5.32 Å². The molecule has 0 heterocycles. The molecule has 2 aromatic rings. The van der Waals surface area contributed by atoms with Crippen LogP contribution in [0.1, 0.15) is 43.9 Å². The first-order chi connectivity index (χ1) is 13.7. The average molecular weight is 435 g/mol. The fourth-order valence-corrected chi connectivity index (χ4v) is 3.30. The minimum Gasteiger partial charge on any atom is -0.352 e. The van der Waals surface area contributed by atoms with E-state index >= 15 is 0 Å². The highest BCUT2D eigenvalue weighted by molar-refractivity contribution is 6.42. The Balaban J connectivity index is 2.25. The molecular weight excluding hydrogens is 407 g/mol. The summed E-state index contributed by atoms with van der Waals surface area (Å²) in [7, 11) is 0. The van der Waals surface area contributed by atoms with E-state index in [0.717, 1.165) is 23.1 Å². The second kappa shape index (κ2) is 10.7. The number of halogens is 2. The number of amides is 2. The van der Waals surface area contributed by atoms with Crippen molar-refractivity contribution in [2.75, 3.05) is 0 Å². The first kappa shape index (κ1) is 23.2. The van der Waals surface area contributed by atoms with Crippen molar-refractivity contribution in [2.45, 2.75) is 59.2 Å². The summed E-state index contributed by atoms with van der Waals surface area (Å²) in [5.74, 6) is -0.300. The van der Waals surface area contributed by atoms with Crippen molar-refractivity contribution < 1.29 is 9.59 Å². The van der Waals surface area contributed by atoms with E-state index in [9.17, 15) is 9.59 Å². The Morgan fingerprint density at radius 2 is 1.76 bits per heavy atom. The molecule has 0 aliphatic carbocycles. The summed E-state index contributed by atoms with van der Waals surface area (Å²) in [5.41, 5.74) is 2.85. The molecule has 2 rings (SSSR count). The van der Waals surface area contributed by atoms with Gasteiger partial charge in [-0.2, -0.15) is 0 Å². The van der Waals surface area contributed by atoms with Crippen molar-refractivity contribution >= 4 is 35.0 Å². The molecule has 4 nitrogen and oxygen atoms in total. The Morgan fingerprint density at radius 3 is 2.38 bits per heavy atom. The van der Waals surface area contributed by atoms with Gasteiger partial charge >= 0.3 is 0 Å². The molecule has 0 fully saturated rings. The van der Waals surface area contributed by atoms with Gasteiger partial charge in [-0.1, -0.05) is 66.0 Å². The summed E-state index contributed by atoms with van der Waals surface area (Å²) in [5, 5.41) is 3.82. The molecule has 29 heavy (non-hydrogen) atoms. The van der Waals surface area contributed by atoms with Crippen LogP contribution in [0.2, 0.25) is 10.0 Å². The van der Waals surface area contributed by atoms with Crippen LogP contribution >= 0.6 is 23.2 Å². The summed E-state index contributed by atoms with van der Waals surface area (Å²) in [6, 6.07) is 12.6. The maximum absolute atomic E-state index is 13.2. The summed E-state index contributed by atoms with van der Waals surface area (Å²) < 4.78 is 0. The van der Waals surface area contributed by atoms with E-state index in [2.05, 4.69) is 5.32 Å². The Bertz CT molecular complexity index is 870. The predicted molar refractivity (Wildman–Crippen MR) is 119 cm³/mol. The van der Waals surface area contributed by atoms with Crippen LogP contribution in [0.4, 0.5) is 0 Å². The monoisotopic (exact) mass is 434 g/mol. The fourth-order valence-electron chi connectivity index (χ4n) is 2.98. The zero-order valence-corrected chi connectivity index (χ0v) is 18.8. The standard InChI is InChI=1S/C23H28Cl2N2O2/c1-5-16(3)26-23(29)17(4)27(14-19-8-6-7-15(2)11-19)22(28)13-18-9-10-20(24)21(25)12-18/h6-12,16-17H,5,13-14H2,1-4H3,(H,26,29)/t16-,17-/m1/s1. The minimum atomic E-state index is -0.597. The molecule has 0 aliphatic heterocycles. The maximum atomic E-state index is 13.2. The van der Waals surface area contributed by atoms with E-state index in [1.54, 1.807) is 30.0 Å². The lowest BCUT2D eigenvalue weighted by molar-refractivity contribution is -0.140. The van der Waals surface area contributed by atoms with Gasteiger partial charge in [0.15, 0.2) is 0 Å². The van der Waals surface area contributed by atoms with Crippen LogP contribution in [0, 0.1) is 6.92 Å². The van der Waals surface area contributed by atoms with Gasteiger partial charge in [-0.15, -0.1) is 0 Å². The fraction of sp³-hybridized carbons (Fsp3) is 0.391. The molecule has 0 saturated carbocycles. The van der Waals surface area contributed by atoms with Gasteiger partial charge in [0.25, 0.3) is 0 Å². The molecule has 2 amide bonds. The number of hydrogen-bond acceptors (Lipinski definition) is 2. The summed E-state index contributed by atoms with van der Waals surface area (Å²) >= 11 is 12.1. The maximum Gasteiger partial charge on any atom is 0.242 e. The van der Waals surface area contributed by atoms with Crippen LogP contribution in [0.5, 0.6) is 0 Å². The lowest BCUT2D eigenvalue weighted by Gasteiger charge is -2.30. The molecule has 0 saturated heterocycles. The molecule has 156 valence electrons. The van der Waals surface area contributed by atoms with Crippen molar-refractivity contribution in [1.29, 1.82) is 0 Å². The number of nitrogens with one attached hydrogen (secondary N) is 1. The SMILES string of the molecule is CC[C@@H](C)NC(=O)[C@@H](C)N(Cc1cccc(C)c1)C(=O)Cc1ccc(Cl)c(Cl)c1. The largest absolute Gasteiger partial charge is 0.352 e. The predicted octanol–water partition coefficient (Wildman–Crippen LogP) is 5.18. The van der Waals surface area contributed by atoms with Crippen molar-refractivity contribution in [3.05, 3.63) is 69.2 Å². The molecular formula is C23H28Cl2N2O2. The second-order valence-electron chi connectivity index (χ2n) is 7.43. The third-order valence-electron chi connectivity index (χ3n) is 4.94. The number of carbonyl (C=O) groups excluding carboxylic acids is 2. The van der Waals surface area contributed by atoms with Crippen molar-refractivity contribution in [3.8, 4) is 0 Å². The van der Waals surface area contributed by atoms with Crippen LogP contribution in [-0.4, -0.2) is 28.8 Å². The molecule has 1 N–H and O–H groups in total. The van der Waals surface area contributed by atoms with Crippen LogP contribution in [-0.2, 0) is 22.6 Å². The first-order valence-electron chi connectivity index (χ1n) is 9.80. The number of benzene rings is 2. The Kier molecular flexibility index (Phi) is 8.54. The highest BCUT2D eigenvalue weighted by Crippen LogP contribution is 2.23. The van der Waals surface area contributed by atoms with E-state index in [4.69, 9.17) is 23.2 Å². The minimum absolute atomic E-state index is 0.0518. The van der Waals surface area contributed by atoms with Gasteiger partial charge in [0.1, 0.15) is 6.04 Å². The van der Waals surface area contributed by atoms with Crippen molar-refractivity contribution in [1.82, 2.24) is 10.2 Å².